The summed E-state index contributed by atoms with van der Waals surface area (Å²) in [5.74, 6) is -0.950. The topological polar surface area (TPSA) is 79.1 Å². The van der Waals surface area contributed by atoms with Crippen LogP contribution in [0.3, 0.4) is 0 Å². The zero-order chi connectivity index (χ0) is 12.7. The number of aryl methyl sites for hydroxylation is 2. The fraction of sp³-hybridized carbons (Fsp3) is 0.357. The van der Waals surface area contributed by atoms with Gasteiger partial charge in [0.25, 0.3) is 0 Å². The summed E-state index contributed by atoms with van der Waals surface area (Å²) in [4.78, 5) is 14.2. The number of nitrogens with one attached hydrogen (secondary N) is 1. The molecule has 0 aliphatic heterocycles. The van der Waals surface area contributed by atoms with Crippen molar-refractivity contribution in [1.29, 1.82) is 0 Å². The van der Waals surface area contributed by atoms with Crippen LogP contribution in [0.5, 0.6) is 0 Å². The normalized spacial score (nSPS) is 15.8. The van der Waals surface area contributed by atoms with Crippen molar-refractivity contribution in [3.8, 4) is 0 Å². The van der Waals surface area contributed by atoms with Crippen LogP contribution in [0.15, 0.2) is 18.2 Å². The van der Waals surface area contributed by atoms with E-state index in [-0.39, 0.29) is 0 Å². The third kappa shape index (κ3) is 1.78. The van der Waals surface area contributed by atoms with E-state index in [1.54, 1.807) is 0 Å². The van der Waals surface area contributed by atoms with E-state index in [2.05, 4.69) is 11.1 Å². The molecule has 0 saturated heterocycles. The third-order valence-corrected chi connectivity index (χ3v) is 3.69. The molecule has 1 aromatic carbocycles. The largest absolute Gasteiger partial charge is 0.480 e. The highest BCUT2D eigenvalue weighted by Gasteiger charge is 2.18. The first-order valence-corrected chi connectivity index (χ1v) is 6.26. The Morgan fingerprint density at radius 1 is 1.44 bits per heavy atom. The second kappa shape index (κ2) is 4.14. The first-order valence-electron chi connectivity index (χ1n) is 6.26. The Morgan fingerprint density at radius 3 is 3.06 bits per heavy atom. The van der Waals surface area contributed by atoms with Gasteiger partial charge in [0.15, 0.2) is 0 Å². The van der Waals surface area contributed by atoms with Gasteiger partial charge in [-0.3, -0.25) is 4.79 Å². The molecule has 1 aliphatic rings. The quantitative estimate of drug-likeness (QED) is 0.767. The van der Waals surface area contributed by atoms with E-state index in [4.69, 9.17) is 10.8 Å². The number of hydrogen-bond donors (Lipinski definition) is 3. The molecule has 4 nitrogen and oxygen atoms in total. The van der Waals surface area contributed by atoms with Crippen molar-refractivity contribution in [3.05, 3.63) is 35.0 Å². The molecule has 1 aliphatic carbocycles. The minimum atomic E-state index is -0.950. The number of carboxylic acid groups (broad SMARTS) is 1. The van der Waals surface area contributed by atoms with Gasteiger partial charge in [0.2, 0.25) is 0 Å². The third-order valence-electron chi connectivity index (χ3n) is 3.69. The highest BCUT2D eigenvalue weighted by molar-refractivity contribution is 5.86. The van der Waals surface area contributed by atoms with Crippen LogP contribution in [-0.4, -0.2) is 22.1 Å². The Hall–Kier alpha value is -1.81. The molecule has 2 aromatic rings. The highest BCUT2D eigenvalue weighted by Crippen LogP contribution is 2.30. The minimum absolute atomic E-state index is 0.380. The van der Waals surface area contributed by atoms with Crippen LogP contribution in [0.25, 0.3) is 10.9 Å². The molecule has 0 amide bonds. The second-order valence-electron chi connectivity index (χ2n) is 4.96. The fourth-order valence-corrected chi connectivity index (χ4v) is 2.76. The molecule has 18 heavy (non-hydrogen) atoms. The number of carbonyl (C=O) groups is 1. The minimum Gasteiger partial charge on any atom is -0.480 e. The smallest absolute Gasteiger partial charge is 0.320 e. The average Bonchev–Trinajstić information content (AvgIpc) is 2.89. The fourth-order valence-electron chi connectivity index (χ4n) is 2.76. The molecule has 1 aromatic heterocycles. The van der Waals surface area contributed by atoms with Crippen molar-refractivity contribution >= 4 is 16.9 Å². The molecule has 0 spiro atoms. The van der Waals surface area contributed by atoms with Crippen molar-refractivity contribution in [2.45, 2.75) is 31.7 Å². The van der Waals surface area contributed by atoms with Gasteiger partial charge in [0.05, 0.1) is 0 Å². The number of aliphatic carboxylic acids is 1. The van der Waals surface area contributed by atoms with Crippen molar-refractivity contribution in [1.82, 2.24) is 4.98 Å². The zero-order valence-electron chi connectivity index (χ0n) is 10.1. The highest BCUT2D eigenvalue weighted by atomic mass is 16.4. The summed E-state index contributed by atoms with van der Waals surface area (Å²) in [5.41, 5.74) is 10.4. The Bertz CT molecular complexity index is 616. The van der Waals surface area contributed by atoms with Crippen LogP contribution in [0.2, 0.25) is 0 Å². The van der Waals surface area contributed by atoms with E-state index in [1.807, 2.05) is 12.1 Å². The van der Waals surface area contributed by atoms with E-state index < -0.39 is 12.0 Å². The summed E-state index contributed by atoms with van der Waals surface area (Å²) in [6.45, 7) is 0. The summed E-state index contributed by atoms with van der Waals surface area (Å²) >= 11 is 0. The van der Waals surface area contributed by atoms with Gasteiger partial charge >= 0.3 is 5.97 Å². The van der Waals surface area contributed by atoms with Gasteiger partial charge in [0, 0.05) is 16.6 Å². The molecule has 3 rings (SSSR count). The van der Waals surface area contributed by atoms with E-state index >= 15 is 0 Å². The van der Waals surface area contributed by atoms with E-state index in [0.717, 1.165) is 23.9 Å². The van der Waals surface area contributed by atoms with E-state index in [1.165, 1.54) is 23.1 Å². The Balaban J connectivity index is 1.97. The van der Waals surface area contributed by atoms with Crippen LogP contribution in [0, 0.1) is 0 Å². The lowest BCUT2D eigenvalue weighted by Gasteiger charge is -2.06. The Labute approximate surface area is 105 Å². The number of benzene rings is 1. The first-order chi connectivity index (χ1) is 8.65. The molecule has 0 saturated carbocycles. The van der Waals surface area contributed by atoms with Gasteiger partial charge in [-0.15, -0.1) is 0 Å². The van der Waals surface area contributed by atoms with Crippen molar-refractivity contribution in [2.24, 2.45) is 5.73 Å². The van der Waals surface area contributed by atoms with E-state index in [9.17, 15) is 4.79 Å². The molecule has 0 bridgehead atoms. The lowest BCUT2D eigenvalue weighted by atomic mass is 10.0. The molecule has 94 valence electrons. The molecule has 1 heterocycles. The molecule has 1 atom stereocenters. The van der Waals surface area contributed by atoms with Gasteiger partial charge in [-0.1, -0.05) is 6.07 Å². The van der Waals surface area contributed by atoms with Gasteiger partial charge in [0.1, 0.15) is 6.04 Å². The predicted octanol–water partition coefficient (Wildman–Crippen LogP) is 1.61. The summed E-state index contributed by atoms with van der Waals surface area (Å²) in [6.07, 6.45) is 3.82. The molecular formula is C14H16N2O2. The van der Waals surface area contributed by atoms with Gasteiger partial charge in [-0.25, -0.2) is 0 Å². The summed E-state index contributed by atoms with van der Waals surface area (Å²) in [5, 5.41) is 10.1. The number of carboxylic acids is 1. The number of rotatable bonds is 3. The number of H-pyrrole nitrogens is 1. The monoisotopic (exact) mass is 244 g/mol. The SMILES string of the molecule is NC(Cc1ccc2[nH]c3c(c2c1)CCC3)C(=O)O. The van der Waals surface area contributed by atoms with Gasteiger partial charge < -0.3 is 15.8 Å². The maximum Gasteiger partial charge on any atom is 0.320 e. The molecule has 0 fully saturated rings. The van der Waals surface area contributed by atoms with Gasteiger partial charge in [-0.2, -0.15) is 0 Å². The zero-order valence-corrected chi connectivity index (χ0v) is 10.1. The number of fused-ring (bicyclic) bond motifs is 3. The van der Waals surface area contributed by atoms with Crippen LogP contribution >= 0.6 is 0 Å². The number of aromatic nitrogens is 1. The van der Waals surface area contributed by atoms with Crippen molar-refractivity contribution in [2.75, 3.05) is 0 Å². The molecule has 4 N–H and O–H groups in total. The standard InChI is InChI=1S/C14H16N2O2/c15-11(14(17)18)7-8-4-5-13-10(6-8)9-2-1-3-12(9)16-13/h4-6,11,16H,1-3,7,15H2,(H,17,18). The van der Waals surface area contributed by atoms with Crippen LogP contribution in [0.4, 0.5) is 0 Å². The van der Waals surface area contributed by atoms with Crippen molar-refractivity contribution in [3.63, 3.8) is 0 Å². The summed E-state index contributed by atoms with van der Waals surface area (Å²) < 4.78 is 0. The molecule has 1 unspecified atom stereocenters. The van der Waals surface area contributed by atoms with Crippen LogP contribution in [0.1, 0.15) is 23.2 Å². The average molecular weight is 244 g/mol. The maximum atomic E-state index is 10.8. The van der Waals surface area contributed by atoms with Gasteiger partial charge in [-0.05, 0) is 48.9 Å². The maximum absolute atomic E-state index is 10.8. The van der Waals surface area contributed by atoms with Crippen LogP contribution < -0.4 is 5.73 Å². The van der Waals surface area contributed by atoms with Crippen LogP contribution in [-0.2, 0) is 24.1 Å². The molecular weight excluding hydrogens is 228 g/mol. The lowest BCUT2D eigenvalue weighted by Crippen LogP contribution is -2.32. The first kappa shape index (κ1) is 11.3. The number of aromatic amines is 1. The Kier molecular flexibility index (Phi) is 2.59. The second-order valence-corrected chi connectivity index (χ2v) is 4.96. The lowest BCUT2D eigenvalue weighted by molar-refractivity contribution is -0.138. The Morgan fingerprint density at radius 2 is 2.28 bits per heavy atom. The molecule has 4 heteroatoms. The van der Waals surface area contributed by atoms with Crippen molar-refractivity contribution < 1.29 is 9.90 Å². The summed E-state index contributed by atoms with van der Waals surface area (Å²) in [6, 6.07) is 5.24. The predicted molar refractivity (Wildman–Crippen MR) is 69.6 cm³/mol. The molecule has 0 radical (unpaired) electrons. The summed E-state index contributed by atoms with van der Waals surface area (Å²) in [7, 11) is 0. The van der Waals surface area contributed by atoms with E-state index in [0.29, 0.717) is 6.42 Å². The number of hydrogen-bond acceptors (Lipinski definition) is 2. The number of nitrogens with two attached hydrogens (primary N) is 1.